The molecule has 128 valence electrons. The van der Waals surface area contributed by atoms with Crippen molar-refractivity contribution < 1.29 is 14.5 Å². The number of nitrogens with one attached hydrogen (secondary N) is 2. The predicted octanol–water partition coefficient (Wildman–Crippen LogP) is 2.80. The van der Waals surface area contributed by atoms with Crippen LogP contribution in [0.4, 0.5) is 0 Å². The Morgan fingerprint density at radius 3 is 2.48 bits per heavy atom. The van der Waals surface area contributed by atoms with Gasteiger partial charge in [-0.2, -0.15) is 4.98 Å². The summed E-state index contributed by atoms with van der Waals surface area (Å²) in [6, 6.07) is 14.1. The molecule has 1 amide bonds. The van der Waals surface area contributed by atoms with E-state index in [1.807, 2.05) is 12.1 Å². The molecule has 0 aliphatic heterocycles. The minimum atomic E-state index is -0.542. The maximum atomic E-state index is 11.3. The fraction of sp³-hybridized carbons (Fsp3) is 0.118. The maximum absolute atomic E-state index is 11.3. The van der Waals surface area contributed by atoms with Crippen molar-refractivity contribution in [3.05, 3.63) is 70.6 Å². The predicted molar refractivity (Wildman–Crippen MR) is 91.0 cm³/mol. The summed E-state index contributed by atoms with van der Waals surface area (Å²) in [5.74, 6) is 0.439. The van der Waals surface area contributed by atoms with E-state index in [0.29, 0.717) is 35.4 Å². The Morgan fingerprint density at radius 2 is 1.80 bits per heavy atom. The van der Waals surface area contributed by atoms with Crippen LogP contribution in [0.3, 0.4) is 0 Å². The molecule has 7 nitrogen and oxygen atoms in total. The zero-order chi connectivity index (χ0) is 17.6. The number of benzene rings is 2. The SMILES string of the molecule is O=C(NO)c1ccc(CNCc2nc(-c3ccc(Cl)cc3)no2)cc1. The number of carbonyl (C=O) groups is 1. The van der Waals surface area contributed by atoms with Gasteiger partial charge in [-0.1, -0.05) is 28.9 Å². The first kappa shape index (κ1) is 17.1. The van der Waals surface area contributed by atoms with E-state index in [4.69, 9.17) is 21.3 Å². The first-order chi connectivity index (χ1) is 12.2. The number of carbonyl (C=O) groups excluding carboxylic acids is 1. The van der Waals surface area contributed by atoms with E-state index in [2.05, 4.69) is 15.5 Å². The smallest absolute Gasteiger partial charge is 0.274 e. The molecule has 0 unspecified atom stereocenters. The van der Waals surface area contributed by atoms with Crippen molar-refractivity contribution in [3.63, 3.8) is 0 Å². The van der Waals surface area contributed by atoms with Crippen molar-refractivity contribution >= 4 is 17.5 Å². The van der Waals surface area contributed by atoms with E-state index in [9.17, 15) is 4.79 Å². The largest absolute Gasteiger partial charge is 0.338 e. The molecule has 8 heteroatoms. The molecule has 0 bridgehead atoms. The Bertz CT molecular complexity index is 847. The van der Waals surface area contributed by atoms with Gasteiger partial charge in [0, 0.05) is 22.7 Å². The molecule has 2 aromatic carbocycles. The van der Waals surface area contributed by atoms with Crippen molar-refractivity contribution in [1.29, 1.82) is 0 Å². The number of hydroxylamine groups is 1. The number of amides is 1. The van der Waals surface area contributed by atoms with Gasteiger partial charge in [0.1, 0.15) is 0 Å². The summed E-state index contributed by atoms with van der Waals surface area (Å²) < 4.78 is 5.22. The van der Waals surface area contributed by atoms with E-state index in [0.717, 1.165) is 11.1 Å². The first-order valence-corrected chi connectivity index (χ1v) is 7.86. The molecule has 0 saturated heterocycles. The van der Waals surface area contributed by atoms with Gasteiger partial charge in [-0.3, -0.25) is 10.0 Å². The van der Waals surface area contributed by atoms with Crippen LogP contribution in [0.25, 0.3) is 11.4 Å². The van der Waals surface area contributed by atoms with Crippen LogP contribution >= 0.6 is 11.6 Å². The summed E-state index contributed by atoms with van der Waals surface area (Å²) in [5.41, 5.74) is 3.79. The second-order valence-corrected chi connectivity index (χ2v) is 5.70. The summed E-state index contributed by atoms with van der Waals surface area (Å²) in [7, 11) is 0. The zero-order valence-electron chi connectivity index (χ0n) is 13.1. The third-order valence-electron chi connectivity index (χ3n) is 3.49. The van der Waals surface area contributed by atoms with Crippen LogP contribution in [0, 0.1) is 0 Å². The van der Waals surface area contributed by atoms with Crippen molar-refractivity contribution in [2.75, 3.05) is 0 Å². The third kappa shape index (κ3) is 4.42. The van der Waals surface area contributed by atoms with Gasteiger partial charge in [-0.05, 0) is 42.0 Å². The Balaban J connectivity index is 1.54. The van der Waals surface area contributed by atoms with Crippen LogP contribution in [-0.4, -0.2) is 21.3 Å². The molecule has 3 aromatic rings. The minimum Gasteiger partial charge on any atom is -0.338 e. The fourth-order valence-corrected chi connectivity index (χ4v) is 2.32. The van der Waals surface area contributed by atoms with Crippen LogP contribution < -0.4 is 10.8 Å². The number of aromatic nitrogens is 2. The Hall–Kier alpha value is -2.74. The Kier molecular flexibility index (Phi) is 5.39. The van der Waals surface area contributed by atoms with Gasteiger partial charge in [0.15, 0.2) is 0 Å². The molecule has 3 N–H and O–H groups in total. The first-order valence-electron chi connectivity index (χ1n) is 7.48. The molecular formula is C17H15ClN4O3. The molecule has 0 atom stereocenters. The highest BCUT2D eigenvalue weighted by molar-refractivity contribution is 6.30. The van der Waals surface area contributed by atoms with Gasteiger partial charge >= 0.3 is 0 Å². The van der Waals surface area contributed by atoms with E-state index in [-0.39, 0.29) is 0 Å². The number of hydrogen-bond donors (Lipinski definition) is 3. The van der Waals surface area contributed by atoms with Crippen LogP contribution in [0.1, 0.15) is 21.8 Å². The maximum Gasteiger partial charge on any atom is 0.274 e. The van der Waals surface area contributed by atoms with Crippen molar-refractivity contribution in [3.8, 4) is 11.4 Å². The average Bonchev–Trinajstić information content (AvgIpc) is 3.11. The van der Waals surface area contributed by atoms with Crippen LogP contribution in [0.15, 0.2) is 53.1 Å². The van der Waals surface area contributed by atoms with Crippen molar-refractivity contribution in [2.24, 2.45) is 0 Å². The fourth-order valence-electron chi connectivity index (χ4n) is 2.20. The van der Waals surface area contributed by atoms with Crippen molar-refractivity contribution in [1.82, 2.24) is 20.9 Å². The lowest BCUT2D eigenvalue weighted by atomic mass is 10.1. The molecule has 25 heavy (non-hydrogen) atoms. The highest BCUT2D eigenvalue weighted by Crippen LogP contribution is 2.18. The van der Waals surface area contributed by atoms with E-state index in [1.54, 1.807) is 41.9 Å². The third-order valence-corrected chi connectivity index (χ3v) is 3.75. The molecule has 0 saturated carbocycles. The van der Waals surface area contributed by atoms with Crippen LogP contribution in [0.2, 0.25) is 5.02 Å². The summed E-state index contributed by atoms with van der Waals surface area (Å²) in [6.45, 7) is 0.985. The highest BCUT2D eigenvalue weighted by Gasteiger charge is 2.08. The molecule has 1 heterocycles. The zero-order valence-corrected chi connectivity index (χ0v) is 13.8. The number of halogens is 1. The van der Waals surface area contributed by atoms with Gasteiger partial charge in [-0.15, -0.1) is 0 Å². The second-order valence-electron chi connectivity index (χ2n) is 5.26. The average molecular weight is 359 g/mol. The molecule has 0 aliphatic carbocycles. The number of rotatable bonds is 6. The molecular weight excluding hydrogens is 344 g/mol. The molecule has 0 radical (unpaired) electrons. The summed E-state index contributed by atoms with van der Waals surface area (Å²) in [5, 5.41) is 16.4. The molecule has 3 rings (SSSR count). The topological polar surface area (TPSA) is 100 Å². The molecule has 0 aliphatic rings. The molecule has 0 spiro atoms. The van der Waals surface area contributed by atoms with Gasteiger partial charge in [-0.25, -0.2) is 5.48 Å². The Labute approximate surface area is 148 Å². The minimum absolute atomic E-state index is 0.385. The summed E-state index contributed by atoms with van der Waals surface area (Å²) in [6.07, 6.45) is 0. The highest BCUT2D eigenvalue weighted by atomic mass is 35.5. The molecule has 1 aromatic heterocycles. The van der Waals surface area contributed by atoms with Gasteiger partial charge in [0.2, 0.25) is 11.7 Å². The van der Waals surface area contributed by atoms with Gasteiger partial charge in [0.05, 0.1) is 6.54 Å². The van der Waals surface area contributed by atoms with E-state index >= 15 is 0 Å². The summed E-state index contributed by atoms with van der Waals surface area (Å²) >= 11 is 5.86. The Morgan fingerprint density at radius 1 is 1.08 bits per heavy atom. The van der Waals surface area contributed by atoms with E-state index < -0.39 is 5.91 Å². The molecule has 0 fully saturated rings. The van der Waals surface area contributed by atoms with Crippen molar-refractivity contribution in [2.45, 2.75) is 13.1 Å². The van der Waals surface area contributed by atoms with Gasteiger partial charge in [0.25, 0.3) is 5.91 Å². The second kappa shape index (κ2) is 7.89. The standard InChI is InChI=1S/C17H15ClN4O3/c18-14-7-5-12(6-8-14)16-20-15(25-22-16)10-19-9-11-1-3-13(4-2-11)17(23)21-24/h1-8,19,24H,9-10H2,(H,21,23). The van der Waals surface area contributed by atoms with E-state index in [1.165, 1.54) is 0 Å². The quantitative estimate of drug-likeness (QED) is 0.463. The summed E-state index contributed by atoms with van der Waals surface area (Å²) in [4.78, 5) is 15.6. The lowest BCUT2D eigenvalue weighted by Crippen LogP contribution is -2.18. The van der Waals surface area contributed by atoms with Crippen LogP contribution in [-0.2, 0) is 13.1 Å². The number of nitrogens with zero attached hydrogens (tertiary/aromatic N) is 2. The van der Waals surface area contributed by atoms with Crippen LogP contribution in [0.5, 0.6) is 0 Å². The lowest BCUT2D eigenvalue weighted by Gasteiger charge is -2.03. The monoisotopic (exact) mass is 358 g/mol. The lowest BCUT2D eigenvalue weighted by molar-refractivity contribution is 0.0706. The normalized spacial score (nSPS) is 10.6. The number of hydrogen-bond acceptors (Lipinski definition) is 6. The van der Waals surface area contributed by atoms with Gasteiger partial charge < -0.3 is 9.84 Å².